The molecule has 0 unspecified atom stereocenters. The lowest BCUT2D eigenvalue weighted by atomic mass is 10.1. The van der Waals surface area contributed by atoms with E-state index in [0.29, 0.717) is 25.0 Å². The third kappa shape index (κ3) is 5.42. The molecule has 1 aliphatic rings. The molecule has 2 heterocycles. The van der Waals surface area contributed by atoms with Crippen molar-refractivity contribution >= 4 is 84.6 Å². The lowest BCUT2D eigenvalue weighted by Gasteiger charge is -2.06. The zero-order valence-corrected chi connectivity index (χ0v) is 22.2. The highest BCUT2D eigenvalue weighted by Gasteiger charge is 2.29. The molecule has 0 bridgehead atoms. The van der Waals surface area contributed by atoms with E-state index in [0.717, 1.165) is 16.9 Å². The van der Waals surface area contributed by atoms with E-state index in [1.54, 1.807) is 24.3 Å². The summed E-state index contributed by atoms with van der Waals surface area (Å²) in [7, 11) is 0. The molecule has 3 aromatic carbocycles. The topological polar surface area (TPSA) is 108 Å². The summed E-state index contributed by atoms with van der Waals surface area (Å²) in [5.41, 5.74) is 1.14. The zero-order chi connectivity index (χ0) is 26.8. The van der Waals surface area contributed by atoms with Crippen LogP contribution in [0.3, 0.4) is 0 Å². The van der Waals surface area contributed by atoms with Crippen molar-refractivity contribution in [1.82, 2.24) is 0 Å². The van der Waals surface area contributed by atoms with Crippen LogP contribution in [0.15, 0.2) is 88.0 Å². The fourth-order valence-corrected chi connectivity index (χ4v) is 5.40. The van der Waals surface area contributed by atoms with Crippen LogP contribution in [-0.2, 0) is 14.3 Å². The van der Waals surface area contributed by atoms with Crippen LogP contribution in [0.5, 0.6) is 5.75 Å². The molecular weight excluding hydrogens is 596 g/mol. The van der Waals surface area contributed by atoms with E-state index in [9.17, 15) is 19.7 Å². The highest BCUT2D eigenvalue weighted by Crippen LogP contribution is 2.39. The van der Waals surface area contributed by atoms with Crippen LogP contribution in [0.1, 0.15) is 16.0 Å². The van der Waals surface area contributed by atoms with Gasteiger partial charge in [0.05, 0.1) is 9.95 Å². The van der Waals surface area contributed by atoms with E-state index in [-0.39, 0.29) is 28.1 Å². The summed E-state index contributed by atoms with van der Waals surface area (Å²) in [6, 6.07) is 18.5. The van der Waals surface area contributed by atoms with Gasteiger partial charge in [-0.3, -0.25) is 10.1 Å². The van der Waals surface area contributed by atoms with Gasteiger partial charge in [-0.1, -0.05) is 57.9 Å². The normalized spacial score (nSPS) is 14.2. The Morgan fingerprint density at radius 3 is 2.68 bits per heavy atom. The molecule has 0 atom stereocenters. The van der Waals surface area contributed by atoms with Crippen LogP contribution in [0, 0.1) is 10.1 Å². The molecule has 0 N–H and O–H groups in total. The first-order chi connectivity index (χ1) is 18.3. The predicted octanol–water partition coefficient (Wildman–Crippen LogP) is 7.19. The minimum absolute atomic E-state index is 0.0190. The van der Waals surface area contributed by atoms with Crippen LogP contribution in [-0.4, -0.2) is 22.8 Å². The Bertz CT molecular complexity index is 1710. The number of carbonyl (C=O) groups excluding carboxylic acids is 2. The van der Waals surface area contributed by atoms with Gasteiger partial charge in [-0.15, -0.1) is 11.3 Å². The molecule has 5 rings (SSSR count). The van der Waals surface area contributed by atoms with Crippen molar-refractivity contribution in [2.75, 3.05) is 0 Å². The summed E-state index contributed by atoms with van der Waals surface area (Å²) in [6.45, 7) is 0. The van der Waals surface area contributed by atoms with Gasteiger partial charge in [0.2, 0.25) is 5.90 Å². The number of cyclic esters (lactones) is 1. The second-order valence-electron chi connectivity index (χ2n) is 7.87. The predicted molar refractivity (Wildman–Crippen MR) is 149 cm³/mol. The van der Waals surface area contributed by atoms with Gasteiger partial charge in [-0.25, -0.2) is 14.6 Å². The highest BCUT2D eigenvalue weighted by molar-refractivity contribution is 9.10. The standard InChI is InChI=1S/C27H14BrClN2O6S/c28-17-7-10-21(36-23(32)11-6-15-4-2-1-3-5-15)16(12-17)13-20-27(33)37-26(30-20)25-24(29)19-9-8-18(31(34)35)14-22(19)38-25/h1-14H/b11-6+,20-13+. The SMILES string of the molecule is O=C(/C=C/c1ccccc1)Oc1ccc(Br)cc1/C=C1/N=C(c2sc3cc([N+](=O)[O-])ccc3c2Cl)OC1=O. The average Bonchev–Trinajstić information content (AvgIpc) is 3.43. The lowest BCUT2D eigenvalue weighted by molar-refractivity contribution is -0.384. The van der Waals surface area contributed by atoms with Crippen molar-refractivity contribution in [2.45, 2.75) is 0 Å². The summed E-state index contributed by atoms with van der Waals surface area (Å²) in [5, 5.41) is 12.0. The molecule has 8 nitrogen and oxygen atoms in total. The lowest BCUT2D eigenvalue weighted by Crippen LogP contribution is -2.06. The second kappa shape index (κ2) is 10.7. The first-order valence-electron chi connectivity index (χ1n) is 10.9. The second-order valence-corrected chi connectivity index (χ2v) is 10.2. The number of halogens is 2. The molecule has 0 fully saturated rings. The summed E-state index contributed by atoms with van der Waals surface area (Å²) >= 11 is 11.0. The molecule has 0 aliphatic carbocycles. The first-order valence-corrected chi connectivity index (χ1v) is 12.9. The van der Waals surface area contributed by atoms with Crippen LogP contribution < -0.4 is 4.74 Å². The summed E-state index contributed by atoms with van der Waals surface area (Å²) in [4.78, 5) is 40.4. The number of fused-ring (bicyclic) bond motifs is 1. The number of ether oxygens (including phenoxy) is 2. The number of hydrogen-bond acceptors (Lipinski definition) is 8. The molecule has 38 heavy (non-hydrogen) atoms. The maximum atomic E-state index is 12.6. The Balaban J connectivity index is 1.44. The van der Waals surface area contributed by atoms with Crippen molar-refractivity contribution in [3.63, 3.8) is 0 Å². The number of esters is 2. The monoisotopic (exact) mass is 608 g/mol. The number of rotatable bonds is 6. The van der Waals surface area contributed by atoms with E-state index < -0.39 is 16.9 Å². The third-order valence-corrected chi connectivity index (χ3v) is 7.46. The minimum Gasteiger partial charge on any atom is -0.423 e. The minimum atomic E-state index is -0.722. The van der Waals surface area contributed by atoms with Gasteiger partial charge in [0.1, 0.15) is 10.6 Å². The van der Waals surface area contributed by atoms with Gasteiger partial charge in [0.25, 0.3) is 5.69 Å². The quantitative estimate of drug-likeness (QED) is 0.0753. The first kappa shape index (κ1) is 25.5. The van der Waals surface area contributed by atoms with Crippen LogP contribution in [0.2, 0.25) is 5.02 Å². The van der Waals surface area contributed by atoms with Gasteiger partial charge in [0.15, 0.2) is 5.70 Å². The summed E-state index contributed by atoms with van der Waals surface area (Å²) in [6.07, 6.45) is 4.38. The number of nitro groups is 1. The number of nitrogens with zero attached hydrogens (tertiary/aromatic N) is 2. The van der Waals surface area contributed by atoms with Crippen LogP contribution in [0.4, 0.5) is 5.69 Å². The molecule has 11 heteroatoms. The number of carbonyl (C=O) groups is 2. The number of benzene rings is 3. The largest absolute Gasteiger partial charge is 0.423 e. The molecule has 188 valence electrons. The van der Waals surface area contributed by atoms with Crippen LogP contribution in [0.25, 0.3) is 22.2 Å². The van der Waals surface area contributed by atoms with Crippen molar-refractivity contribution < 1.29 is 24.0 Å². The smallest absolute Gasteiger partial charge is 0.363 e. The number of thiophene rings is 1. The summed E-state index contributed by atoms with van der Waals surface area (Å²) in [5.74, 6) is -1.12. The Kier molecular flexibility index (Phi) is 7.19. The summed E-state index contributed by atoms with van der Waals surface area (Å²) < 4.78 is 12.1. The number of hydrogen-bond donors (Lipinski definition) is 0. The molecule has 1 aliphatic heterocycles. The molecule has 0 saturated carbocycles. The fourth-order valence-electron chi connectivity index (χ4n) is 3.55. The zero-order valence-electron chi connectivity index (χ0n) is 19.1. The Labute approximate surface area is 232 Å². The van der Waals surface area contributed by atoms with E-state index in [1.807, 2.05) is 30.3 Å². The van der Waals surface area contributed by atoms with E-state index in [4.69, 9.17) is 21.1 Å². The number of nitro benzene ring substituents is 1. The van der Waals surface area contributed by atoms with Gasteiger partial charge in [0, 0.05) is 38.3 Å². The van der Waals surface area contributed by atoms with E-state index in [1.165, 1.54) is 30.4 Å². The molecule has 1 aromatic heterocycles. The van der Waals surface area contributed by atoms with Crippen molar-refractivity contribution in [3.05, 3.63) is 114 Å². The Morgan fingerprint density at radius 1 is 1.13 bits per heavy atom. The molecule has 4 aromatic rings. The fraction of sp³-hybridized carbons (Fsp3) is 0. The third-order valence-electron chi connectivity index (χ3n) is 5.32. The van der Waals surface area contributed by atoms with Crippen molar-refractivity contribution in [2.24, 2.45) is 4.99 Å². The number of non-ortho nitro benzene ring substituents is 1. The van der Waals surface area contributed by atoms with Crippen molar-refractivity contribution in [3.8, 4) is 5.75 Å². The van der Waals surface area contributed by atoms with Crippen molar-refractivity contribution in [1.29, 1.82) is 0 Å². The molecule has 0 spiro atoms. The Hall–Kier alpha value is -4.12. The van der Waals surface area contributed by atoms with E-state index >= 15 is 0 Å². The molecule has 0 saturated heterocycles. The maximum Gasteiger partial charge on any atom is 0.363 e. The molecule has 0 radical (unpaired) electrons. The van der Waals surface area contributed by atoms with Gasteiger partial charge in [-0.2, -0.15) is 0 Å². The molecule has 0 amide bonds. The van der Waals surface area contributed by atoms with E-state index in [2.05, 4.69) is 20.9 Å². The Morgan fingerprint density at radius 2 is 1.92 bits per heavy atom. The van der Waals surface area contributed by atoms with Gasteiger partial charge in [-0.05, 0) is 42.0 Å². The van der Waals surface area contributed by atoms with Crippen LogP contribution >= 0.6 is 38.9 Å². The number of aliphatic imine (C=N–C) groups is 1. The van der Waals surface area contributed by atoms with Gasteiger partial charge < -0.3 is 9.47 Å². The molecular formula is C27H14BrClN2O6S. The highest BCUT2D eigenvalue weighted by atomic mass is 79.9. The maximum absolute atomic E-state index is 12.6. The van der Waals surface area contributed by atoms with Gasteiger partial charge >= 0.3 is 11.9 Å². The average molecular weight is 610 g/mol.